The first-order chi connectivity index (χ1) is 7.74. The van der Waals surface area contributed by atoms with Crippen LogP contribution < -0.4 is 0 Å². The van der Waals surface area contributed by atoms with E-state index in [0.29, 0.717) is 0 Å². The topological polar surface area (TPSA) is 6.48 Å². The molecule has 1 aliphatic heterocycles. The van der Waals surface area contributed by atoms with Gasteiger partial charge in [0.05, 0.1) is 0 Å². The van der Waals surface area contributed by atoms with Crippen LogP contribution in [0.25, 0.3) is 0 Å². The van der Waals surface area contributed by atoms with Crippen molar-refractivity contribution >= 4 is 0 Å². The maximum Gasteiger partial charge on any atom is 0.123 e. The number of piperazine rings is 1. The largest absolute Gasteiger partial charge is 0.304 e. The van der Waals surface area contributed by atoms with Gasteiger partial charge in [-0.2, -0.15) is 0 Å². The molecule has 1 heterocycles. The fraction of sp³-hybridized carbons (Fsp3) is 0.462. The van der Waals surface area contributed by atoms with E-state index >= 15 is 0 Å². The van der Waals surface area contributed by atoms with Gasteiger partial charge in [-0.05, 0) is 24.7 Å². The van der Waals surface area contributed by atoms with Gasteiger partial charge >= 0.3 is 0 Å². The predicted molar refractivity (Wildman–Crippen MR) is 63.7 cm³/mol. The molecule has 0 amide bonds. The summed E-state index contributed by atoms with van der Waals surface area (Å²) in [7, 11) is 2.15. The van der Waals surface area contributed by atoms with Crippen molar-refractivity contribution in [1.82, 2.24) is 9.80 Å². The molecule has 1 aromatic carbocycles. The molecule has 0 aromatic heterocycles. The molecule has 1 radical (unpaired) electrons. The summed E-state index contributed by atoms with van der Waals surface area (Å²) in [6, 6.07) is 6.67. The Bertz CT molecular complexity index is 315. The molecular formula is C13H18FN2. The summed E-state index contributed by atoms with van der Waals surface area (Å²) in [6.07, 6.45) is 2.16. The monoisotopic (exact) mass is 221 g/mol. The first-order valence-corrected chi connectivity index (χ1v) is 5.74. The molecule has 2 nitrogen and oxygen atoms in total. The molecule has 0 unspecified atom stereocenters. The van der Waals surface area contributed by atoms with Crippen molar-refractivity contribution < 1.29 is 4.39 Å². The molecule has 1 saturated heterocycles. The Morgan fingerprint density at radius 3 is 2.38 bits per heavy atom. The molecule has 16 heavy (non-hydrogen) atoms. The molecule has 0 bridgehead atoms. The van der Waals surface area contributed by atoms with Gasteiger partial charge in [-0.1, -0.05) is 12.1 Å². The third-order valence-corrected chi connectivity index (χ3v) is 3.05. The second kappa shape index (κ2) is 5.41. The molecule has 0 spiro atoms. The van der Waals surface area contributed by atoms with E-state index in [1.165, 1.54) is 12.1 Å². The number of likely N-dealkylation sites (N-methyl/N-ethyl adjacent to an activating group) is 1. The van der Waals surface area contributed by atoms with E-state index in [9.17, 15) is 4.39 Å². The Morgan fingerprint density at radius 1 is 1.12 bits per heavy atom. The molecule has 0 N–H and O–H groups in total. The third-order valence-electron chi connectivity index (χ3n) is 3.05. The Labute approximate surface area is 96.7 Å². The molecule has 0 saturated carbocycles. The lowest BCUT2D eigenvalue weighted by atomic mass is 10.1. The quantitative estimate of drug-likeness (QED) is 0.765. The molecule has 3 heteroatoms. The van der Waals surface area contributed by atoms with E-state index < -0.39 is 0 Å². The lowest BCUT2D eigenvalue weighted by Gasteiger charge is -2.32. The van der Waals surface area contributed by atoms with E-state index in [0.717, 1.165) is 38.3 Å². The Morgan fingerprint density at radius 2 is 1.75 bits per heavy atom. The maximum absolute atomic E-state index is 12.7. The number of hydrogen-bond acceptors (Lipinski definition) is 2. The van der Waals surface area contributed by atoms with Crippen molar-refractivity contribution in [1.29, 1.82) is 0 Å². The number of nitrogens with zero attached hydrogens (tertiary/aromatic N) is 2. The number of halogens is 1. The molecule has 1 fully saturated rings. The maximum atomic E-state index is 12.7. The van der Waals surface area contributed by atoms with Gasteiger partial charge in [-0.15, -0.1) is 0 Å². The van der Waals surface area contributed by atoms with Gasteiger partial charge < -0.3 is 9.80 Å². The molecule has 0 aliphatic carbocycles. The lowest BCUT2D eigenvalue weighted by molar-refractivity contribution is 0.164. The highest BCUT2D eigenvalue weighted by Crippen LogP contribution is 2.07. The van der Waals surface area contributed by atoms with Gasteiger partial charge in [-0.3, -0.25) is 0 Å². The minimum atomic E-state index is -0.170. The van der Waals surface area contributed by atoms with Gasteiger partial charge in [0, 0.05) is 39.1 Å². The summed E-state index contributed by atoms with van der Waals surface area (Å²) in [5.74, 6) is -0.170. The highest BCUT2D eigenvalue weighted by Gasteiger charge is 2.12. The van der Waals surface area contributed by atoms with Gasteiger partial charge in [0.25, 0.3) is 0 Å². The fourth-order valence-electron chi connectivity index (χ4n) is 1.86. The summed E-state index contributed by atoms with van der Waals surface area (Å²) < 4.78 is 12.7. The second-order valence-electron chi connectivity index (χ2n) is 4.36. The van der Waals surface area contributed by atoms with Gasteiger partial charge in [0.2, 0.25) is 0 Å². The molecular weight excluding hydrogens is 203 g/mol. The highest BCUT2D eigenvalue weighted by atomic mass is 19.1. The van der Waals surface area contributed by atoms with Crippen LogP contribution in [0.5, 0.6) is 0 Å². The standard InChI is InChI=1S/C13H18FN2/c1-15-8-10-16(11-9-15)7-6-12-2-4-13(14)5-3-12/h2-6H,7-11H2,1H3. The second-order valence-corrected chi connectivity index (χ2v) is 4.36. The van der Waals surface area contributed by atoms with Gasteiger partial charge in [0.1, 0.15) is 5.82 Å². The first-order valence-electron chi connectivity index (χ1n) is 5.74. The molecule has 1 aromatic rings. The van der Waals surface area contributed by atoms with Crippen LogP contribution in [-0.4, -0.2) is 49.6 Å². The van der Waals surface area contributed by atoms with Crippen LogP contribution in [0, 0.1) is 12.2 Å². The van der Waals surface area contributed by atoms with Gasteiger partial charge in [-0.25, -0.2) is 4.39 Å². The summed E-state index contributed by atoms with van der Waals surface area (Å²) in [4.78, 5) is 4.76. The number of rotatable bonds is 3. The average molecular weight is 221 g/mol. The summed E-state index contributed by atoms with van der Waals surface area (Å²) >= 11 is 0. The molecule has 87 valence electrons. The fourth-order valence-corrected chi connectivity index (χ4v) is 1.86. The Balaban J connectivity index is 1.77. The van der Waals surface area contributed by atoms with Crippen LogP contribution in [0.1, 0.15) is 5.56 Å². The normalized spacial score (nSPS) is 18.9. The van der Waals surface area contributed by atoms with E-state index in [4.69, 9.17) is 0 Å². The van der Waals surface area contributed by atoms with Crippen LogP contribution in [-0.2, 0) is 0 Å². The highest BCUT2D eigenvalue weighted by molar-refractivity contribution is 5.23. The minimum Gasteiger partial charge on any atom is -0.304 e. The molecule has 0 atom stereocenters. The van der Waals surface area contributed by atoms with Crippen molar-refractivity contribution in [3.63, 3.8) is 0 Å². The number of hydrogen-bond donors (Lipinski definition) is 0. The van der Waals surface area contributed by atoms with Crippen molar-refractivity contribution in [2.24, 2.45) is 0 Å². The van der Waals surface area contributed by atoms with E-state index in [1.54, 1.807) is 0 Å². The Kier molecular flexibility index (Phi) is 3.91. The van der Waals surface area contributed by atoms with E-state index in [1.807, 2.05) is 12.1 Å². The van der Waals surface area contributed by atoms with E-state index in [-0.39, 0.29) is 5.82 Å². The summed E-state index contributed by atoms with van der Waals surface area (Å²) in [6.45, 7) is 5.47. The number of benzene rings is 1. The Hall–Kier alpha value is -0.930. The molecule has 1 aliphatic rings. The lowest BCUT2D eigenvalue weighted by Crippen LogP contribution is -2.44. The predicted octanol–water partition coefficient (Wildman–Crippen LogP) is 1.63. The molecule has 2 rings (SSSR count). The summed E-state index contributed by atoms with van der Waals surface area (Å²) in [5, 5.41) is 0. The van der Waals surface area contributed by atoms with E-state index in [2.05, 4.69) is 23.3 Å². The van der Waals surface area contributed by atoms with Crippen LogP contribution in [0.3, 0.4) is 0 Å². The van der Waals surface area contributed by atoms with Crippen LogP contribution in [0.2, 0.25) is 0 Å². The minimum absolute atomic E-state index is 0.170. The van der Waals surface area contributed by atoms with Crippen LogP contribution >= 0.6 is 0 Å². The summed E-state index contributed by atoms with van der Waals surface area (Å²) in [5.41, 5.74) is 1.10. The van der Waals surface area contributed by atoms with Crippen molar-refractivity contribution in [2.75, 3.05) is 39.8 Å². The first kappa shape index (κ1) is 11.6. The average Bonchev–Trinajstić information content (AvgIpc) is 2.30. The smallest absolute Gasteiger partial charge is 0.123 e. The van der Waals surface area contributed by atoms with Crippen molar-refractivity contribution in [2.45, 2.75) is 0 Å². The zero-order chi connectivity index (χ0) is 11.4. The zero-order valence-corrected chi connectivity index (χ0v) is 9.69. The van der Waals surface area contributed by atoms with Crippen LogP contribution in [0.15, 0.2) is 24.3 Å². The van der Waals surface area contributed by atoms with Crippen LogP contribution in [0.4, 0.5) is 4.39 Å². The SMILES string of the molecule is CN1CCN(C[CH]c2ccc(F)cc2)CC1. The van der Waals surface area contributed by atoms with Crippen molar-refractivity contribution in [3.05, 3.63) is 42.1 Å². The van der Waals surface area contributed by atoms with Gasteiger partial charge in [0.15, 0.2) is 0 Å². The zero-order valence-electron chi connectivity index (χ0n) is 9.69. The van der Waals surface area contributed by atoms with Crippen molar-refractivity contribution in [3.8, 4) is 0 Å². The third kappa shape index (κ3) is 3.29.